The van der Waals surface area contributed by atoms with Crippen LogP contribution in [0.3, 0.4) is 0 Å². The molecular weight excluding hydrogens is 289 g/mol. The van der Waals surface area contributed by atoms with E-state index in [9.17, 15) is 0 Å². The Balaban J connectivity index is 1.96. The van der Waals surface area contributed by atoms with Crippen molar-refractivity contribution in [3.63, 3.8) is 0 Å². The van der Waals surface area contributed by atoms with E-state index in [0.717, 1.165) is 29.1 Å². The van der Waals surface area contributed by atoms with Crippen LogP contribution in [-0.4, -0.2) is 18.8 Å². The molecule has 1 N–H and O–H groups in total. The average molecular weight is 305 g/mol. The van der Waals surface area contributed by atoms with Crippen molar-refractivity contribution in [1.82, 2.24) is 5.32 Å². The van der Waals surface area contributed by atoms with Gasteiger partial charge >= 0.3 is 0 Å². The van der Waals surface area contributed by atoms with Crippen LogP contribution in [0, 0.1) is 0 Å². The fourth-order valence-corrected chi connectivity index (χ4v) is 2.50. The summed E-state index contributed by atoms with van der Waals surface area (Å²) in [4.78, 5) is 0. The summed E-state index contributed by atoms with van der Waals surface area (Å²) in [6.45, 7) is 3.78. The second-order valence-electron chi connectivity index (χ2n) is 4.09. The van der Waals surface area contributed by atoms with E-state index in [-0.39, 0.29) is 0 Å². The highest BCUT2D eigenvalue weighted by Crippen LogP contribution is 2.22. The Morgan fingerprint density at radius 3 is 3.06 bits per heavy atom. The van der Waals surface area contributed by atoms with Crippen LogP contribution in [-0.2, 0) is 11.3 Å². The Morgan fingerprint density at radius 2 is 2.38 bits per heavy atom. The first-order valence-electron chi connectivity index (χ1n) is 5.46. The fraction of sp³-hybridized carbons (Fsp3) is 0.500. The summed E-state index contributed by atoms with van der Waals surface area (Å²) in [5, 5.41) is 4.28. The van der Waals surface area contributed by atoms with Crippen LogP contribution in [0.15, 0.2) is 22.7 Å². The lowest BCUT2D eigenvalue weighted by molar-refractivity contribution is 0.113. The van der Waals surface area contributed by atoms with Crippen molar-refractivity contribution in [1.29, 1.82) is 0 Å². The van der Waals surface area contributed by atoms with Crippen LogP contribution in [0.25, 0.3) is 0 Å². The van der Waals surface area contributed by atoms with Crippen molar-refractivity contribution >= 4 is 27.5 Å². The van der Waals surface area contributed by atoms with Gasteiger partial charge in [0.15, 0.2) is 0 Å². The predicted molar refractivity (Wildman–Crippen MR) is 69.8 cm³/mol. The highest BCUT2D eigenvalue weighted by molar-refractivity contribution is 9.10. The molecular formula is C12H15BrClNO. The second kappa shape index (κ2) is 5.50. The molecule has 0 aliphatic carbocycles. The summed E-state index contributed by atoms with van der Waals surface area (Å²) in [5.41, 5.74) is 1.19. The third-order valence-corrected chi connectivity index (χ3v) is 3.95. The van der Waals surface area contributed by atoms with E-state index < -0.39 is 0 Å². The summed E-state index contributed by atoms with van der Waals surface area (Å²) >= 11 is 9.49. The van der Waals surface area contributed by atoms with Crippen molar-refractivity contribution in [2.45, 2.75) is 32.0 Å². The average Bonchev–Trinajstić information content (AvgIpc) is 2.66. The van der Waals surface area contributed by atoms with Crippen molar-refractivity contribution < 1.29 is 4.74 Å². The molecule has 1 aromatic rings. The minimum atomic E-state index is 0.304. The van der Waals surface area contributed by atoms with E-state index in [0.29, 0.717) is 12.1 Å². The van der Waals surface area contributed by atoms with E-state index in [1.807, 2.05) is 18.2 Å². The lowest BCUT2D eigenvalue weighted by Gasteiger charge is -2.16. The molecule has 1 heterocycles. The second-order valence-corrected chi connectivity index (χ2v) is 5.38. The SMILES string of the molecule is CC1OCCC1NCc1cc(Cl)ccc1Br. The zero-order valence-corrected chi connectivity index (χ0v) is 11.5. The van der Waals surface area contributed by atoms with Gasteiger partial charge in [0, 0.05) is 28.7 Å². The molecule has 2 rings (SSSR count). The Labute approximate surface area is 109 Å². The standard InChI is InChI=1S/C12H15BrClNO/c1-8-12(4-5-16-8)15-7-9-6-10(14)2-3-11(9)13/h2-3,6,8,12,15H,4-5,7H2,1H3. The zero-order valence-electron chi connectivity index (χ0n) is 9.17. The van der Waals surface area contributed by atoms with Gasteiger partial charge in [-0.05, 0) is 37.1 Å². The van der Waals surface area contributed by atoms with Crippen molar-refractivity contribution in [3.8, 4) is 0 Å². The van der Waals surface area contributed by atoms with Crippen LogP contribution in [0.1, 0.15) is 18.9 Å². The van der Waals surface area contributed by atoms with E-state index in [1.54, 1.807) is 0 Å². The lowest BCUT2D eigenvalue weighted by Crippen LogP contribution is -2.34. The molecule has 1 saturated heterocycles. The molecule has 88 valence electrons. The maximum atomic E-state index is 5.97. The zero-order chi connectivity index (χ0) is 11.5. The molecule has 16 heavy (non-hydrogen) atoms. The number of ether oxygens (including phenoxy) is 1. The third-order valence-electron chi connectivity index (χ3n) is 2.94. The highest BCUT2D eigenvalue weighted by Gasteiger charge is 2.23. The molecule has 2 atom stereocenters. The summed E-state index contributed by atoms with van der Waals surface area (Å²) in [7, 11) is 0. The van der Waals surface area contributed by atoms with Crippen molar-refractivity contribution in [2.75, 3.05) is 6.61 Å². The van der Waals surface area contributed by atoms with Gasteiger partial charge in [-0.2, -0.15) is 0 Å². The quantitative estimate of drug-likeness (QED) is 0.924. The largest absolute Gasteiger partial charge is 0.377 e. The summed E-state index contributed by atoms with van der Waals surface area (Å²) in [6.07, 6.45) is 1.39. The first kappa shape index (κ1) is 12.4. The molecule has 1 fully saturated rings. The smallest absolute Gasteiger partial charge is 0.0700 e. The van der Waals surface area contributed by atoms with Gasteiger partial charge in [-0.1, -0.05) is 27.5 Å². The molecule has 1 aromatic carbocycles. The highest BCUT2D eigenvalue weighted by atomic mass is 79.9. The van der Waals surface area contributed by atoms with Crippen LogP contribution < -0.4 is 5.32 Å². The first-order chi connectivity index (χ1) is 7.66. The summed E-state index contributed by atoms with van der Waals surface area (Å²) in [6, 6.07) is 6.30. The molecule has 4 heteroatoms. The molecule has 2 nitrogen and oxygen atoms in total. The molecule has 0 aromatic heterocycles. The van der Waals surface area contributed by atoms with Crippen molar-refractivity contribution in [2.24, 2.45) is 0 Å². The Kier molecular flexibility index (Phi) is 4.25. The van der Waals surface area contributed by atoms with Gasteiger partial charge in [-0.25, -0.2) is 0 Å². The van der Waals surface area contributed by atoms with Gasteiger partial charge in [-0.3, -0.25) is 0 Å². The molecule has 1 aliphatic heterocycles. The number of hydrogen-bond acceptors (Lipinski definition) is 2. The molecule has 0 bridgehead atoms. The summed E-state index contributed by atoms with van der Waals surface area (Å²) in [5.74, 6) is 0. The number of halogens is 2. The van der Waals surface area contributed by atoms with Crippen LogP contribution in [0.2, 0.25) is 5.02 Å². The number of nitrogens with one attached hydrogen (secondary N) is 1. The van der Waals surface area contributed by atoms with E-state index in [4.69, 9.17) is 16.3 Å². The van der Waals surface area contributed by atoms with Crippen molar-refractivity contribution in [3.05, 3.63) is 33.3 Å². The predicted octanol–water partition coefficient (Wildman–Crippen LogP) is 3.37. The molecule has 0 spiro atoms. The van der Waals surface area contributed by atoms with Gasteiger partial charge in [0.05, 0.1) is 6.10 Å². The number of rotatable bonds is 3. The number of hydrogen-bond donors (Lipinski definition) is 1. The Morgan fingerprint density at radius 1 is 1.56 bits per heavy atom. The lowest BCUT2D eigenvalue weighted by atomic mass is 10.1. The monoisotopic (exact) mass is 303 g/mol. The molecule has 0 radical (unpaired) electrons. The Bertz CT molecular complexity index is 372. The van der Waals surface area contributed by atoms with Gasteiger partial charge in [0.1, 0.15) is 0 Å². The van der Waals surface area contributed by atoms with Gasteiger partial charge in [0.2, 0.25) is 0 Å². The molecule has 2 unspecified atom stereocenters. The maximum Gasteiger partial charge on any atom is 0.0700 e. The number of benzene rings is 1. The minimum absolute atomic E-state index is 0.304. The fourth-order valence-electron chi connectivity index (χ4n) is 1.92. The van der Waals surface area contributed by atoms with Crippen LogP contribution in [0.5, 0.6) is 0 Å². The van der Waals surface area contributed by atoms with Gasteiger partial charge < -0.3 is 10.1 Å². The Hall–Kier alpha value is -0.0900. The minimum Gasteiger partial charge on any atom is -0.377 e. The normalized spacial score (nSPS) is 24.9. The third kappa shape index (κ3) is 2.98. The maximum absolute atomic E-state index is 5.97. The first-order valence-corrected chi connectivity index (χ1v) is 6.63. The molecule has 1 aliphatic rings. The van der Waals surface area contributed by atoms with Gasteiger partial charge in [-0.15, -0.1) is 0 Å². The van der Waals surface area contributed by atoms with Gasteiger partial charge in [0.25, 0.3) is 0 Å². The summed E-state index contributed by atoms with van der Waals surface area (Å²) < 4.78 is 6.60. The van der Waals surface area contributed by atoms with E-state index in [1.165, 1.54) is 5.56 Å². The van der Waals surface area contributed by atoms with E-state index >= 15 is 0 Å². The molecule has 0 amide bonds. The molecule has 0 saturated carbocycles. The van der Waals surface area contributed by atoms with E-state index in [2.05, 4.69) is 28.2 Å². The van der Waals surface area contributed by atoms with Crippen LogP contribution in [0.4, 0.5) is 0 Å². The van der Waals surface area contributed by atoms with Crippen LogP contribution >= 0.6 is 27.5 Å². The topological polar surface area (TPSA) is 21.3 Å².